The Hall–Kier alpha value is -0.0800. The predicted octanol–water partition coefficient (Wildman–Crippen LogP) is 1.01. The Labute approximate surface area is 62.7 Å². The van der Waals surface area contributed by atoms with Gasteiger partial charge in [0.05, 0.1) is 6.61 Å². The smallest absolute Gasteiger partial charge is 0.0503 e. The van der Waals surface area contributed by atoms with Crippen LogP contribution in [0.3, 0.4) is 0 Å². The minimum Gasteiger partial charge on any atom is -0.381 e. The SMILES string of the molecule is CC(CN)COCC1CC1. The minimum atomic E-state index is 0.527. The lowest BCUT2D eigenvalue weighted by Gasteiger charge is -2.07. The molecule has 0 aliphatic heterocycles. The van der Waals surface area contributed by atoms with Crippen LogP contribution in [0.2, 0.25) is 0 Å². The molecule has 0 spiro atoms. The van der Waals surface area contributed by atoms with Crippen molar-refractivity contribution in [2.75, 3.05) is 19.8 Å². The lowest BCUT2D eigenvalue weighted by Crippen LogP contribution is -2.17. The molecule has 2 nitrogen and oxygen atoms in total. The van der Waals surface area contributed by atoms with Crippen LogP contribution in [-0.2, 0) is 4.74 Å². The maximum Gasteiger partial charge on any atom is 0.0503 e. The first kappa shape index (κ1) is 8.02. The maximum atomic E-state index is 5.43. The zero-order valence-corrected chi connectivity index (χ0v) is 6.68. The molecule has 1 saturated carbocycles. The molecule has 0 aromatic heterocycles. The molecule has 1 aliphatic carbocycles. The first-order chi connectivity index (χ1) is 4.83. The van der Waals surface area contributed by atoms with Gasteiger partial charge in [-0.3, -0.25) is 0 Å². The molecular formula is C8H17NO. The molecule has 1 unspecified atom stereocenters. The molecule has 10 heavy (non-hydrogen) atoms. The molecule has 0 aromatic carbocycles. The van der Waals surface area contributed by atoms with Gasteiger partial charge in [0, 0.05) is 6.61 Å². The van der Waals surface area contributed by atoms with Gasteiger partial charge < -0.3 is 10.5 Å². The third-order valence-electron chi connectivity index (χ3n) is 1.86. The number of nitrogens with two attached hydrogens (primary N) is 1. The lowest BCUT2D eigenvalue weighted by molar-refractivity contribution is 0.0985. The van der Waals surface area contributed by atoms with E-state index in [1.807, 2.05) is 0 Å². The van der Waals surface area contributed by atoms with Gasteiger partial charge >= 0.3 is 0 Å². The summed E-state index contributed by atoms with van der Waals surface area (Å²) < 4.78 is 5.43. The molecule has 1 aliphatic rings. The van der Waals surface area contributed by atoms with E-state index in [2.05, 4.69) is 6.92 Å². The standard InChI is InChI=1S/C8H17NO/c1-7(4-9)5-10-6-8-2-3-8/h7-8H,2-6,9H2,1H3. The van der Waals surface area contributed by atoms with Crippen molar-refractivity contribution in [3.8, 4) is 0 Å². The Morgan fingerprint density at radius 2 is 2.30 bits per heavy atom. The van der Waals surface area contributed by atoms with Gasteiger partial charge in [-0.15, -0.1) is 0 Å². The van der Waals surface area contributed by atoms with Crippen LogP contribution in [0.1, 0.15) is 19.8 Å². The van der Waals surface area contributed by atoms with Crippen molar-refractivity contribution >= 4 is 0 Å². The molecule has 2 heteroatoms. The summed E-state index contributed by atoms with van der Waals surface area (Å²) in [6.07, 6.45) is 2.74. The summed E-state index contributed by atoms with van der Waals surface area (Å²) in [5, 5.41) is 0. The molecule has 0 saturated heterocycles. The van der Waals surface area contributed by atoms with Crippen LogP contribution in [0, 0.1) is 11.8 Å². The van der Waals surface area contributed by atoms with E-state index in [9.17, 15) is 0 Å². The molecule has 0 amide bonds. The Morgan fingerprint density at radius 1 is 1.60 bits per heavy atom. The predicted molar refractivity (Wildman–Crippen MR) is 41.8 cm³/mol. The minimum absolute atomic E-state index is 0.527. The van der Waals surface area contributed by atoms with E-state index in [1.54, 1.807) is 0 Å². The van der Waals surface area contributed by atoms with Crippen LogP contribution in [0.4, 0.5) is 0 Å². The van der Waals surface area contributed by atoms with E-state index in [-0.39, 0.29) is 0 Å². The Kier molecular flexibility index (Phi) is 3.16. The molecule has 0 aromatic rings. The molecule has 1 fully saturated rings. The van der Waals surface area contributed by atoms with Crippen LogP contribution in [-0.4, -0.2) is 19.8 Å². The Morgan fingerprint density at radius 3 is 2.80 bits per heavy atom. The topological polar surface area (TPSA) is 35.2 Å². The largest absolute Gasteiger partial charge is 0.381 e. The number of hydrogen-bond donors (Lipinski definition) is 1. The molecule has 1 rings (SSSR count). The highest BCUT2D eigenvalue weighted by Gasteiger charge is 2.21. The second-order valence-electron chi connectivity index (χ2n) is 3.32. The van der Waals surface area contributed by atoms with Crippen molar-refractivity contribution in [3.63, 3.8) is 0 Å². The van der Waals surface area contributed by atoms with E-state index in [0.29, 0.717) is 5.92 Å². The number of hydrogen-bond acceptors (Lipinski definition) is 2. The fourth-order valence-corrected chi connectivity index (χ4v) is 0.788. The zero-order chi connectivity index (χ0) is 7.40. The molecular weight excluding hydrogens is 126 g/mol. The van der Waals surface area contributed by atoms with Crippen molar-refractivity contribution in [3.05, 3.63) is 0 Å². The van der Waals surface area contributed by atoms with Gasteiger partial charge in [-0.05, 0) is 31.2 Å². The average molecular weight is 143 g/mol. The first-order valence-electron chi connectivity index (χ1n) is 4.10. The van der Waals surface area contributed by atoms with E-state index in [4.69, 9.17) is 10.5 Å². The molecule has 1 atom stereocenters. The van der Waals surface area contributed by atoms with Gasteiger partial charge in [-0.2, -0.15) is 0 Å². The van der Waals surface area contributed by atoms with Gasteiger partial charge in [0.2, 0.25) is 0 Å². The number of ether oxygens (including phenoxy) is 1. The quantitative estimate of drug-likeness (QED) is 0.623. The summed E-state index contributed by atoms with van der Waals surface area (Å²) >= 11 is 0. The summed E-state index contributed by atoms with van der Waals surface area (Å²) in [6, 6.07) is 0. The normalized spacial score (nSPS) is 21.0. The van der Waals surface area contributed by atoms with Gasteiger partial charge in [-0.1, -0.05) is 6.92 Å². The highest BCUT2D eigenvalue weighted by molar-refractivity contribution is 4.72. The van der Waals surface area contributed by atoms with Crippen molar-refractivity contribution in [1.82, 2.24) is 0 Å². The lowest BCUT2D eigenvalue weighted by atomic mass is 10.2. The highest BCUT2D eigenvalue weighted by Crippen LogP contribution is 2.28. The molecule has 0 bridgehead atoms. The zero-order valence-electron chi connectivity index (χ0n) is 6.68. The summed E-state index contributed by atoms with van der Waals surface area (Å²) in [4.78, 5) is 0. The average Bonchev–Trinajstić information content (AvgIpc) is 2.71. The maximum absolute atomic E-state index is 5.43. The second-order valence-corrected chi connectivity index (χ2v) is 3.32. The van der Waals surface area contributed by atoms with Crippen molar-refractivity contribution in [2.45, 2.75) is 19.8 Å². The monoisotopic (exact) mass is 143 g/mol. The molecule has 0 radical (unpaired) electrons. The van der Waals surface area contributed by atoms with E-state index >= 15 is 0 Å². The fourth-order valence-electron chi connectivity index (χ4n) is 0.788. The second kappa shape index (κ2) is 3.94. The van der Waals surface area contributed by atoms with E-state index in [1.165, 1.54) is 12.8 Å². The van der Waals surface area contributed by atoms with Gasteiger partial charge in [0.1, 0.15) is 0 Å². The van der Waals surface area contributed by atoms with Crippen LogP contribution < -0.4 is 5.73 Å². The number of rotatable bonds is 5. The van der Waals surface area contributed by atoms with Crippen LogP contribution in [0.15, 0.2) is 0 Å². The third-order valence-corrected chi connectivity index (χ3v) is 1.86. The van der Waals surface area contributed by atoms with Gasteiger partial charge in [0.15, 0.2) is 0 Å². The summed E-state index contributed by atoms with van der Waals surface area (Å²) in [5.74, 6) is 1.41. The van der Waals surface area contributed by atoms with Gasteiger partial charge in [0.25, 0.3) is 0 Å². The van der Waals surface area contributed by atoms with E-state index in [0.717, 1.165) is 25.7 Å². The molecule has 0 heterocycles. The summed E-state index contributed by atoms with van der Waals surface area (Å²) in [5.41, 5.74) is 5.42. The van der Waals surface area contributed by atoms with Gasteiger partial charge in [-0.25, -0.2) is 0 Å². The highest BCUT2D eigenvalue weighted by atomic mass is 16.5. The van der Waals surface area contributed by atoms with Crippen molar-refractivity contribution in [2.24, 2.45) is 17.6 Å². The summed E-state index contributed by atoms with van der Waals surface area (Å²) in [6.45, 7) is 4.66. The van der Waals surface area contributed by atoms with Crippen molar-refractivity contribution in [1.29, 1.82) is 0 Å². The molecule has 2 N–H and O–H groups in total. The van der Waals surface area contributed by atoms with E-state index < -0.39 is 0 Å². The first-order valence-corrected chi connectivity index (χ1v) is 4.10. The van der Waals surface area contributed by atoms with Crippen LogP contribution in [0.25, 0.3) is 0 Å². The Balaban J connectivity index is 1.83. The summed E-state index contributed by atoms with van der Waals surface area (Å²) in [7, 11) is 0. The Bertz CT molecular complexity index is 91.3. The van der Waals surface area contributed by atoms with Crippen LogP contribution >= 0.6 is 0 Å². The molecule has 60 valence electrons. The fraction of sp³-hybridized carbons (Fsp3) is 1.00. The van der Waals surface area contributed by atoms with Crippen LogP contribution in [0.5, 0.6) is 0 Å². The third kappa shape index (κ3) is 3.18. The van der Waals surface area contributed by atoms with Crippen molar-refractivity contribution < 1.29 is 4.74 Å².